The number of amides is 1. The van der Waals surface area contributed by atoms with Crippen LogP contribution in [0.3, 0.4) is 0 Å². The molecule has 1 unspecified atom stereocenters. The Bertz CT molecular complexity index is 523. The summed E-state index contributed by atoms with van der Waals surface area (Å²) in [6.07, 6.45) is 0. The number of hydrogen-bond acceptors (Lipinski definition) is 6. The molecular weight excluding hydrogens is 305 g/mol. The van der Waals surface area contributed by atoms with Crippen LogP contribution in [0, 0.1) is 11.8 Å². The second-order valence-corrected chi connectivity index (χ2v) is 6.53. The molecule has 1 aromatic carbocycles. The van der Waals surface area contributed by atoms with Gasteiger partial charge in [-0.15, -0.1) is 11.6 Å². The van der Waals surface area contributed by atoms with Gasteiger partial charge >= 0.3 is 7.52 Å². The number of hydrogen-bond donors (Lipinski definition) is 1. The predicted octanol–water partition coefficient (Wildman–Crippen LogP) is 1.54. The highest BCUT2D eigenvalue weighted by Gasteiger charge is 2.36. The highest BCUT2D eigenvalue weighted by molar-refractivity contribution is 7.65. The zero-order chi connectivity index (χ0) is 15.2. The molecule has 0 aromatic heterocycles. The molecule has 0 spiro atoms. The van der Waals surface area contributed by atoms with Gasteiger partial charge in [0.1, 0.15) is 0 Å². The van der Waals surface area contributed by atoms with Gasteiger partial charge < -0.3 is 4.52 Å². The Balaban J connectivity index is 3.14. The minimum atomic E-state index is -3.81. The Morgan fingerprint density at radius 2 is 2.05 bits per heavy atom. The summed E-state index contributed by atoms with van der Waals surface area (Å²) in [5.74, 6) is 4.74. The summed E-state index contributed by atoms with van der Waals surface area (Å²) in [6.45, 7) is 1.09. The van der Waals surface area contributed by atoms with E-state index in [4.69, 9.17) is 22.0 Å². The molecule has 0 heterocycles. The largest absolute Gasteiger partial charge is 0.342 e. The van der Waals surface area contributed by atoms with Crippen molar-refractivity contribution in [1.29, 1.82) is 0 Å². The second-order valence-electron chi connectivity index (χ2n) is 3.90. The molecule has 20 heavy (non-hydrogen) atoms. The van der Waals surface area contributed by atoms with Crippen molar-refractivity contribution in [2.75, 3.05) is 19.0 Å². The van der Waals surface area contributed by atoms with Crippen molar-refractivity contribution >= 4 is 30.3 Å². The number of aryl methyl sites for hydroxylation is 1. The smallest absolute Gasteiger partial charge is 0.308 e. The lowest BCUT2D eigenvalue weighted by Crippen LogP contribution is -2.40. The molecule has 1 atom stereocenters. The van der Waals surface area contributed by atoms with Crippen LogP contribution in [0.15, 0.2) is 29.4 Å². The van der Waals surface area contributed by atoms with Crippen molar-refractivity contribution in [3.63, 3.8) is 0 Å². The Morgan fingerprint density at radius 1 is 1.45 bits per heavy atom. The zero-order valence-electron chi connectivity index (χ0n) is 10.9. The first-order chi connectivity index (χ1) is 9.45. The number of halogens is 1. The lowest BCUT2D eigenvalue weighted by Gasteiger charge is -2.26. The van der Waals surface area contributed by atoms with E-state index in [2.05, 4.69) is 5.18 Å². The summed E-state index contributed by atoms with van der Waals surface area (Å²) < 4.78 is 18.5. The van der Waals surface area contributed by atoms with Crippen LogP contribution in [0.1, 0.15) is 5.56 Å². The van der Waals surface area contributed by atoms with E-state index in [0.717, 1.165) is 5.56 Å². The van der Waals surface area contributed by atoms with Crippen molar-refractivity contribution in [2.45, 2.75) is 6.92 Å². The van der Waals surface area contributed by atoms with Crippen molar-refractivity contribution < 1.29 is 13.9 Å². The summed E-state index contributed by atoms with van der Waals surface area (Å²) in [7, 11) is -3.81. The van der Waals surface area contributed by atoms with Crippen LogP contribution >= 0.6 is 19.1 Å². The van der Waals surface area contributed by atoms with E-state index in [1.807, 2.05) is 6.92 Å². The number of nitrogens with zero attached hydrogens (tertiary/aromatic N) is 2. The molecule has 9 heteroatoms. The van der Waals surface area contributed by atoms with Gasteiger partial charge in [0, 0.05) is 5.88 Å². The van der Waals surface area contributed by atoms with E-state index in [-0.39, 0.29) is 17.8 Å². The summed E-state index contributed by atoms with van der Waals surface area (Å²) in [6, 6.07) is 6.52. The lowest BCUT2D eigenvalue weighted by molar-refractivity contribution is -0.125. The van der Waals surface area contributed by atoms with Gasteiger partial charge in [-0.1, -0.05) is 22.9 Å². The van der Waals surface area contributed by atoms with Crippen LogP contribution < -0.4 is 11.1 Å². The molecule has 2 N–H and O–H groups in total. The summed E-state index contributed by atoms with van der Waals surface area (Å²) in [5, 5.41) is 2.68. The molecule has 110 valence electrons. The number of carbonyl (C=O) groups excluding carboxylic acids is 1. The standard InChI is InChI=1S/C11H15ClN3O4P/c1-9-2-4-10(5-3-9)20(18,19-7-6-12)15(13)11(16)8-14-17/h2-5H,6-8,13H2,1H3. The summed E-state index contributed by atoms with van der Waals surface area (Å²) >= 11 is 5.51. The van der Waals surface area contributed by atoms with E-state index in [9.17, 15) is 14.3 Å². The Kier molecular flexibility index (Phi) is 6.29. The van der Waals surface area contributed by atoms with Crippen LogP contribution in [-0.2, 0) is 13.9 Å². The first-order valence-electron chi connectivity index (χ1n) is 5.70. The fourth-order valence-electron chi connectivity index (χ4n) is 1.43. The molecule has 1 aromatic rings. The Labute approximate surface area is 121 Å². The average Bonchev–Trinajstić information content (AvgIpc) is 2.45. The Hall–Kier alpha value is -1.27. The van der Waals surface area contributed by atoms with E-state index in [1.54, 1.807) is 24.3 Å². The second kappa shape index (κ2) is 7.50. The van der Waals surface area contributed by atoms with Gasteiger partial charge in [0.2, 0.25) is 0 Å². The maximum atomic E-state index is 12.9. The number of hydrazine groups is 1. The number of rotatable bonds is 7. The maximum Gasteiger partial charge on any atom is 0.342 e. The number of benzene rings is 1. The van der Waals surface area contributed by atoms with Crippen molar-refractivity contribution in [2.24, 2.45) is 11.0 Å². The predicted molar refractivity (Wildman–Crippen MR) is 76.8 cm³/mol. The molecule has 1 rings (SSSR count). The molecule has 0 aliphatic heterocycles. The molecule has 1 amide bonds. The molecular formula is C11H15ClN3O4P. The van der Waals surface area contributed by atoms with Gasteiger partial charge in [0.15, 0.2) is 6.54 Å². The van der Waals surface area contributed by atoms with E-state index >= 15 is 0 Å². The van der Waals surface area contributed by atoms with Crippen molar-refractivity contribution in [3.05, 3.63) is 34.7 Å². The van der Waals surface area contributed by atoms with Crippen LogP contribution in [0.5, 0.6) is 0 Å². The fraction of sp³-hybridized carbons (Fsp3) is 0.364. The van der Waals surface area contributed by atoms with Crippen molar-refractivity contribution in [1.82, 2.24) is 4.78 Å². The zero-order valence-corrected chi connectivity index (χ0v) is 12.5. The third-order valence-electron chi connectivity index (χ3n) is 2.44. The SMILES string of the molecule is Cc1ccc(P(=O)(OCCCl)N(N)C(=O)CN=O)cc1. The first kappa shape index (κ1) is 16.8. The van der Waals surface area contributed by atoms with Gasteiger partial charge in [0.25, 0.3) is 5.91 Å². The highest BCUT2D eigenvalue weighted by atomic mass is 35.5. The molecule has 0 fully saturated rings. The minimum absolute atomic E-state index is 0.0534. The van der Waals surface area contributed by atoms with E-state index < -0.39 is 20.0 Å². The van der Waals surface area contributed by atoms with Gasteiger partial charge in [-0.2, -0.15) is 9.69 Å². The number of alkyl halides is 1. The van der Waals surface area contributed by atoms with Crippen LogP contribution in [0.4, 0.5) is 0 Å². The molecule has 0 aliphatic carbocycles. The van der Waals surface area contributed by atoms with Crippen LogP contribution in [0.2, 0.25) is 0 Å². The van der Waals surface area contributed by atoms with Crippen LogP contribution in [-0.4, -0.2) is 29.7 Å². The number of nitroso groups, excluding NO2 is 1. The van der Waals surface area contributed by atoms with Gasteiger partial charge in [-0.05, 0) is 19.1 Å². The fourth-order valence-corrected chi connectivity index (χ4v) is 3.36. The third kappa shape index (κ3) is 3.86. The lowest BCUT2D eigenvalue weighted by atomic mass is 10.2. The molecule has 0 radical (unpaired) electrons. The van der Waals surface area contributed by atoms with E-state index in [0.29, 0.717) is 4.78 Å². The quantitative estimate of drug-likeness (QED) is 0.205. The minimum Gasteiger partial charge on any atom is -0.308 e. The maximum absolute atomic E-state index is 12.9. The summed E-state index contributed by atoms with van der Waals surface area (Å²) in [4.78, 5) is 21.8. The molecule has 0 saturated heterocycles. The molecule has 0 saturated carbocycles. The molecule has 0 bridgehead atoms. The number of carbonyl (C=O) groups is 1. The van der Waals surface area contributed by atoms with E-state index in [1.165, 1.54) is 0 Å². The first-order valence-corrected chi connectivity index (χ1v) is 7.82. The van der Waals surface area contributed by atoms with Crippen molar-refractivity contribution in [3.8, 4) is 0 Å². The van der Waals surface area contributed by atoms with Gasteiger partial charge in [-0.25, -0.2) is 5.84 Å². The Morgan fingerprint density at radius 3 is 2.55 bits per heavy atom. The third-order valence-corrected chi connectivity index (χ3v) is 4.87. The molecule has 7 nitrogen and oxygen atoms in total. The molecule has 0 aliphatic rings. The highest BCUT2D eigenvalue weighted by Crippen LogP contribution is 2.47. The van der Waals surface area contributed by atoms with Gasteiger partial charge in [-0.3, -0.25) is 9.36 Å². The monoisotopic (exact) mass is 319 g/mol. The van der Waals surface area contributed by atoms with Crippen LogP contribution in [0.25, 0.3) is 0 Å². The number of nitrogens with two attached hydrogens (primary N) is 1. The topological polar surface area (TPSA) is 102 Å². The summed E-state index contributed by atoms with van der Waals surface area (Å²) in [5.41, 5.74) is 0.946. The normalized spacial score (nSPS) is 13.6. The average molecular weight is 320 g/mol. The van der Waals surface area contributed by atoms with Gasteiger partial charge in [0.05, 0.1) is 11.9 Å².